The van der Waals surface area contributed by atoms with Gasteiger partial charge >= 0.3 is 12.4 Å². The number of halogens is 7. The highest BCUT2D eigenvalue weighted by molar-refractivity contribution is 6.01. The lowest BCUT2D eigenvalue weighted by molar-refractivity contribution is -0.272. The summed E-state index contributed by atoms with van der Waals surface area (Å²) in [4.78, 5) is 29.6. The van der Waals surface area contributed by atoms with Crippen LogP contribution in [0.2, 0.25) is 0 Å². The molecule has 13 heteroatoms. The van der Waals surface area contributed by atoms with Crippen LogP contribution in [0.5, 0.6) is 0 Å². The van der Waals surface area contributed by atoms with E-state index in [1.807, 2.05) is 0 Å². The molecule has 0 fully saturated rings. The standard InChI is InChI=1S/C18H19F7N4O2/c1-15(2)13(31)29(4)14(26)28-16(15,3)9-7-8(5-6-10(9)19)27-12(30)11(17(20,21)22)18(23,24)25/h5-7,11H,1-4H3,(H2,26,28)(H,27,30)/t16-/m0/s1. The molecule has 2 amide bonds. The lowest BCUT2D eigenvalue weighted by Gasteiger charge is -2.46. The van der Waals surface area contributed by atoms with Crippen molar-refractivity contribution in [3.8, 4) is 0 Å². The number of anilines is 1. The van der Waals surface area contributed by atoms with E-state index in [1.54, 1.807) is 0 Å². The Balaban J connectivity index is 2.54. The Bertz CT molecular complexity index is 926. The van der Waals surface area contributed by atoms with E-state index in [4.69, 9.17) is 5.73 Å². The van der Waals surface area contributed by atoms with Crippen LogP contribution in [0.25, 0.3) is 0 Å². The number of amides is 2. The summed E-state index contributed by atoms with van der Waals surface area (Å²) in [5.41, 5.74) is 1.73. The van der Waals surface area contributed by atoms with Crippen LogP contribution in [-0.2, 0) is 15.1 Å². The third kappa shape index (κ3) is 4.17. The van der Waals surface area contributed by atoms with Crippen LogP contribution in [0.4, 0.5) is 36.4 Å². The average Bonchev–Trinajstić information content (AvgIpc) is 2.57. The normalized spacial score (nSPS) is 21.9. The third-order valence-electron chi connectivity index (χ3n) is 5.41. The summed E-state index contributed by atoms with van der Waals surface area (Å²) < 4.78 is 91.3. The van der Waals surface area contributed by atoms with Crippen molar-refractivity contribution >= 4 is 23.5 Å². The Kier molecular flexibility index (Phi) is 5.81. The number of alkyl halides is 6. The van der Waals surface area contributed by atoms with Gasteiger partial charge in [-0.25, -0.2) is 9.38 Å². The summed E-state index contributed by atoms with van der Waals surface area (Å²) in [6.07, 6.45) is -11.8. The molecule has 1 aromatic carbocycles. The monoisotopic (exact) mass is 456 g/mol. The van der Waals surface area contributed by atoms with E-state index in [2.05, 4.69) is 4.99 Å². The maximum absolute atomic E-state index is 14.7. The number of nitrogens with two attached hydrogens (primary N) is 1. The van der Waals surface area contributed by atoms with E-state index in [0.29, 0.717) is 0 Å². The molecule has 0 saturated heterocycles. The van der Waals surface area contributed by atoms with Crippen LogP contribution in [0, 0.1) is 17.2 Å². The minimum atomic E-state index is -5.89. The maximum Gasteiger partial charge on any atom is 0.409 e. The molecule has 1 heterocycles. The summed E-state index contributed by atoms with van der Waals surface area (Å²) >= 11 is 0. The highest BCUT2D eigenvalue weighted by atomic mass is 19.4. The number of nitrogens with one attached hydrogen (secondary N) is 1. The van der Waals surface area contributed by atoms with Crippen molar-refractivity contribution in [2.75, 3.05) is 12.4 Å². The molecule has 0 aliphatic carbocycles. The zero-order chi connectivity index (χ0) is 24.2. The van der Waals surface area contributed by atoms with Gasteiger partial charge in [0.15, 0.2) is 5.96 Å². The first-order chi connectivity index (χ1) is 13.8. The second-order valence-electron chi connectivity index (χ2n) is 7.73. The minimum Gasteiger partial charge on any atom is -0.369 e. The van der Waals surface area contributed by atoms with Crippen LogP contribution in [0.1, 0.15) is 26.3 Å². The van der Waals surface area contributed by atoms with Crippen molar-refractivity contribution in [1.82, 2.24) is 4.90 Å². The number of nitrogens with zero attached hydrogens (tertiary/aromatic N) is 2. The zero-order valence-corrected chi connectivity index (χ0v) is 16.7. The summed E-state index contributed by atoms with van der Waals surface area (Å²) in [7, 11) is 1.34. The first-order valence-electron chi connectivity index (χ1n) is 8.72. The van der Waals surface area contributed by atoms with E-state index in [9.17, 15) is 40.3 Å². The molecule has 0 radical (unpaired) electrons. The summed E-state index contributed by atoms with van der Waals surface area (Å²) in [6.45, 7) is 4.19. The molecule has 0 spiro atoms. The second-order valence-corrected chi connectivity index (χ2v) is 7.73. The molecular formula is C18H19F7N4O2. The van der Waals surface area contributed by atoms with Crippen molar-refractivity contribution in [3.63, 3.8) is 0 Å². The molecule has 3 N–H and O–H groups in total. The smallest absolute Gasteiger partial charge is 0.369 e. The fourth-order valence-electron chi connectivity index (χ4n) is 3.25. The second kappa shape index (κ2) is 7.38. The van der Waals surface area contributed by atoms with Crippen molar-refractivity contribution < 1.29 is 40.3 Å². The van der Waals surface area contributed by atoms with Crippen LogP contribution in [0.3, 0.4) is 0 Å². The van der Waals surface area contributed by atoms with E-state index in [-0.39, 0.29) is 11.5 Å². The number of hydrogen-bond donors (Lipinski definition) is 2. The molecule has 6 nitrogen and oxygen atoms in total. The van der Waals surface area contributed by atoms with Gasteiger partial charge < -0.3 is 11.1 Å². The largest absolute Gasteiger partial charge is 0.409 e. The van der Waals surface area contributed by atoms with Gasteiger partial charge in [0, 0.05) is 18.3 Å². The molecule has 1 aromatic rings. The Labute approximate surface area is 172 Å². The number of aliphatic imine (C=N–C) groups is 1. The van der Waals surface area contributed by atoms with Gasteiger partial charge in [-0.3, -0.25) is 14.5 Å². The van der Waals surface area contributed by atoms with E-state index in [1.165, 1.54) is 33.1 Å². The van der Waals surface area contributed by atoms with Gasteiger partial charge in [0.2, 0.25) is 17.7 Å². The topological polar surface area (TPSA) is 87.8 Å². The summed E-state index contributed by atoms with van der Waals surface area (Å²) in [5.74, 6) is -8.44. The Morgan fingerprint density at radius 3 is 2.13 bits per heavy atom. The van der Waals surface area contributed by atoms with Crippen molar-refractivity contribution in [3.05, 3.63) is 29.6 Å². The fourth-order valence-corrected chi connectivity index (χ4v) is 3.25. The highest BCUT2D eigenvalue weighted by Crippen LogP contribution is 2.48. The molecule has 31 heavy (non-hydrogen) atoms. The van der Waals surface area contributed by atoms with Gasteiger partial charge in [0.25, 0.3) is 0 Å². The van der Waals surface area contributed by atoms with Crippen molar-refractivity contribution in [1.29, 1.82) is 0 Å². The van der Waals surface area contributed by atoms with Gasteiger partial charge in [-0.1, -0.05) is 0 Å². The predicted molar refractivity (Wildman–Crippen MR) is 96.2 cm³/mol. The average molecular weight is 456 g/mol. The number of benzene rings is 1. The number of carbonyl (C=O) groups excluding carboxylic acids is 2. The number of carbonyl (C=O) groups is 2. The summed E-state index contributed by atoms with van der Waals surface area (Å²) in [6, 6.07) is 2.35. The Morgan fingerprint density at radius 2 is 1.65 bits per heavy atom. The summed E-state index contributed by atoms with van der Waals surface area (Å²) in [5, 5.41) is 1.52. The first-order valence-corrected chi connectivity index (χ1v) is 8.72. The van der Waals surface area contributed by atoms with E-state index < -0.39 is 52.5 Å². The third-order valence-corrected chi connectivity index (χ3v) is 5.41. The predicted octanol–water partition coefficient (Wildman–Crippen LogP) is 3.53. The molecule has 2 rings (SSSR count). The lowest BCUT2D eigenvalue weighted by atomic mass is 9.67. The molecule has 1 aliphatic heterocycles. The first kappa shape index (κ1) is 24.4. The zero-order valence-electron chi connectivity index (χ0n) is 16.7. The Hall–Kier alpha value is -2.86. The van der Waals surface area contributed by atoms with Gasteiger partial charge in [-0.2, -0.15) is 26.3 Å². The molecule has 172 valence electrons. The van der Waals surface area contributed by atoms with Gasteiger partial charge in [0.1, 0.15) is 11.4 Å². The molecule has 0 unspecified atom stereocenters. The SMILES string of the molecule is CN1C(=O)C(C)(C)[C@](C)(c2cc(NC(=O)C(C(F)(F)F)C(F)(F)F)ccc2F)N=C1N. The molecular weight excluding hydrogens is 437 g/mol. The van der Waals surface area contributed by atoms with E-state index >= 15 is 0 Å². The van der Waals surface area contributed by atoms with Crippen molar-refractivity contribution in [2.45, 2.75) is 38.7 Å². The molecule has 0 saturated carbocycles. The quantitative estimate of drug-likeness (QED) is 0.683. The van der Waals surface area contributed by atoms with Gasteiger partial charge in [-0.15, -0.1) is 0 Å². The molecule has 0 aromatic heterocycles. The molecule has 0 bridgehead atoms. The number of guanidine groups is 1. The fraction of sp³-hybridized carbons (Fsp3) is 0.500. The van der Waals surface area contributed by atoms with Gasteiger partial charge in [0.05, 0.1) is 5.41 Å². The number of hydrogen-bond acceptors (Lipinski definition) is 4. The molecule has 1 atom stereocenters. The van der Waals surface area contributed by atoms with Crippen LogP contribution < -0.4 is 11.1 Å². The molecule has 1 aliphatic rings. The van der Waals surface area contributed by atoms with Crippen LogP contribution in [0.15, 0.2) is 23.2 Å². The van der Waals surface area contributed by atoms with E-state index in [0.717, 1.165) is 23.1 Å². The van der Waals surface area contributed by atoms with Gasteiger partial charge in [-0.05, 0) is 39.0 Å². The van der Waals surface area contributed by atoms with Crippen LogP contribution >= 0.6 is 0 Å². The van der Waals surface area contributed by atoms with Crippen molar-refractivity contribution in [2.24, 2.45) is 22.1 Å². The Morgan fingerprint density at radius 1 is 1.13 bits per heavy atom. The lowest BCUT2D eigenvalue weighted by Crippen LogP contribution is -2.58. The van der Waals surface area contributed by atoms with Crippen LogP contribution in [-0.4, -0.2) is 42.1 Å². The minimum absolute atomic E-state index is 0.269. The highest BCUT2D eigenvalue weighted by Gasteiger charge is 2.61. The number of rotatable bonds is 3. The maximum atomic E-state index is 14.7.